The van der Waals surface area contributed by atoms with Gasteiger partial charge in [0.1, 0.15) is 17.4 Å². The number of hydrogen-bond acceptors (Lipinski definition) is 7. The number of aliphatic hydroxyl groups is 1. The van der Waals surface area contributed by atoms with Crippen LogP contribution in [0.15, 0.2) is 12.7 Å². The molecule has 0 saturated carbocycles. The Hall–Kier alpha value is -1.77. The standard InChI is InChI=1S/C15H22N6O2/c22-15(7-20-3-1-2-4-20)8-21(5-6-23-9-15)14-12-13(17-10-16-12)18-11-19-14/h10-11,22H,1-9H2,(H,16,17,18,19)/t15-/m0/s1. The molecule has 124 valence electrons. The molecule has 0 unspecified atom stereocenters. The number of anilines is 1. The van der Waals surface area contributed by atoms with E-state index in [1.807, 2.05) is 0 Å². The van der Waals surface area contributed by atoms with Gasteiger partial charge in [0.05, 0.1) is 26.1 Å². The molecule has 2 N–H and O–H groups in total. The van der Waals surface area contributed by atoms with Gasteiger partial charge in [0.25, 0.3) is 0 Å². The van der Waals surface area contributed by atoms with Gasteiger partial charge >= 0.3 is 0 Å². The van der Waals surface area contributed by atoms with Gasteiger partial charge in [-0.1, -0.05) is 0 Å². The maximum Gasteiger partial charge on any atom is 0.182 e. The third kappa shape index (κ3) is 3.01. The average molecular weight is 318 g/mol. The summed E-state index contributed by atoms with van der Waals surface area (Å²) in [6.45, 7) is 4.86. The molecule has 2 aliphatic rings. The van der Waals surface area contributed by atoms with Crippen molar-refractivity contribution in [1.82, 2.24) is 24.8 Å². The molecule has 2 aromatic heterocycles. The smallest absolute Gasteiger partial charge is 0.182 e. The lowest BCUT2D eigenvalue weighted by Gasteiger charge is -2.34. The van der Waals surface area contributed by atoms with Gasteiger partial charge in [-0.3, -0.25) is 0 Å². The first kappa shape index (κ1) is 14.8. The van der Waals surface area contributed by atoms with E-state index in [0.717, 1.165) is 24.4 Å². The number of nitrogens with one attached hydrogen (secondary N) is 1. The molecule has 8 heteroatoms. The Labute approximate surface area is 134 Å². The first-order chi connectivity index (χ1) is 11.2. The largest absolute Gasteiger partial charge is 0.384 e. The van der Waals surface area contributed by atoms with Crippen molar-refractivity contribution in [2.75, 3.05) is 50.8 Å². The number of fused-ring (bicyclic) bond motifs is 1. The summed E-state index contributed by atoms with van der Waals surface area (Å²) in [6, 6.07) is 0. The zero-order chi connectivity index (χ0) is 15.7. The van der Waals surface area contributed by atoms with E-state index in [-0.39, 0.29) is 0 Å². The van der Waals surface area contributed by atoms with E-state index in [4.69, 9.17) is 4.74 Å². The summed E-state index contributed by atoms with van der Waals surface area (Å²) < 4.78 is 5.68. The summed E-state index contributed by atoms with van der Waals surface area (Å²) in [5.74, 6) is 0.776. The van der Waals surface area contributed by atoms with E-state index < -0.39 is 5.60 Å². The van der Waals surface area contributed by atoms with Crippen molar-refractivity contribution in [3.63, 3.8) is 0 Å². The van der Waals surface area contributed by atoms with Crippen molar-refractivity contribution in [3.8, 4) is 0 Å². The molecule has 8 nitrogen and oxygen atoms in total. The zero-order valence-electron chi connectivity index (χ0n) is 13.1. The third-order valence-corrected chi connectivity index (χ3v) is 4.58. The summed E-state index contributed by atoms with van der Waals surface area (Å²) >= 11 is 0. The van der Waals surface area contributed by atoms with Gasteiger partial charge in [-0.2, -0.15) is 0 Å². The highest BCUT2D eigenvalue weighted by Crippen LogP contribution is 2.24. The van der Waals surface area contributed by atoms with Crippen LogP contribution in [0.1, 0.15) is 12.8 Å². The second-order valence-corrected chi connectivity index (χ2v) is 6.48. The Morgan fingerprint density at radius 3 is 2.96 bits per heavy atom. The molecule has 4 rings (SSSR count). The minimum atomic E-state index is -0.891. The number of aromatic nitrogens is 4. The highest BCUT2D eigenvalue weighted by molar-refractivity contribution is 5.82. The number of β-amino-alcohol motifs (C(OH)–C–C–N with tert-alkyl or cyclic N) is 1. The normalized spacial score (nSPS) is 26.7. The molecule has 0 bridgehead atoms. The number of rotatable bonds is 3. The van der Waals surface area contributed by atoms with Gasteiger partial charge < -0.3 is 24.6 Å². The van der Waals surface area contributed by atoms with Gasteiger partial charge in [-0.05, 0) is 25.9 Å². The molecule has 2 saturated heterocycles. The topological polar surface area (TPSA) is 90.4 Å². The molecule has 2 aliphatic heterocycles. The molecule has 0 amide bonds. The van der Waals surface area contributed by atoms with Crippen LogP contribution in [0.25, 0.3) is 11.2 Å². The van der Waals surface area contributed by atoms with Crippen LogP contribution in [0, 0.1) is 0 Å². The van der Waals surface area contributed by atoms with E-state index >= 15 is 0 Å². The number of likely N-dealkylation sites (tertiary alicyclic amines) is 1. The molecule has 2 fully saturated rings. The first-order valence-corrected chi connectivity index (χ1v) is 8.15. The monoisotopic (exact) mass is 318 g/mol. The summed E-state index contributed by atoms with van der Waals surface area (Å²) in [6.07, 6.45) is 5.56. The lowest BCUT2D eigenvalue weighted by Crippen LogP contribution is -2.52. The lowest BCUT2D eigenvalue weighted by molar-refractivity contribution is -0.0439. The maximum atomic E-state index is 11.1. The van der Waals surface area contributed by atoms with E-state index in [1.54, 1.807) is 6.33 Å². The molecule has 0 aromatic carbocycles. The van der Waals surface area contributed by atoms with Crippen LogP contribution in [0.2, 0.25) is 0 Å². The van der Waals surface area contributed by atoms with Crippen molar-refractivity contribution in [3.05, 3.63) is 12.7 Å². The van der Waals surface area contributed by atoms with Crippen LogP contribution < -0.4 is 4.90 Å². The number of H-pyrrole nitrogens is 1. The van der Waals surface area contributed by atoms with Crippen LogP contribution >= 0.6 is 0 Å². The zero-order valence-corrected chi connectivity index (χ0v) is 13.1. The summed E-state index contributed by atoms with van der Waals surface area (Å²) in [4.78, 5) is 20.2. The number of ether oxygens (including phenoxy) is 1. The lowest BCUT2D eigenvalue weighted by atomic mass is 10.0. The van der Waals surface area contributed by atoms with Crippen molar-refractivity contribution in [2.24, 2.45) is 0 Å². The van der Waals surface area contributed by atoms with E-state index in [0.29, 0.717) is 38.5 Å². The molecule has 0 aliphatic carbocycles. The van der Waals surface area contributed by atoms with Crippen LogP contribution in [-0.2, 0) is 4.74 Å². The molecule has 0 radical (unpaired) electrons. The molecular formula is C15H22N6O2. The minimum Gasteiger partial charge on any atom is -0.384 e. The summed E-state index contributed by atoms with van der Waals surface area (Å²) in [5.41, 5.74) is 0.555. The van der Waals surface area contributed by atoms with Crippen molar-refractivity contribution >= 4 is 17.0 Å². The Balaban J connectivity index is 1.59. The van der Waals surface area contributed by atoms with Gasteiger partial charge in [0.15, 0.2) is 11.5 Å². The first-order valence-electron chi connectivity index (χ1n) is 8.15. The predicted octanol–water partition coefficient (Wildman–Crippen LogP) is 0.0164. The quantitative estimate of drug-likeness (QED) is 0.824. The highest BCUT2D eigenvalue weighted by Gasteiger charge is 2.36. The molecule has 2 aromatic rings. The fraction of sp³-hybridized carbons (Fsp3) is 0.667. The van der Waals surface area contributed by atoms with Crippen LogP contribution in [0.5, 0.6) is 0 Å². The molecule has 1 atom stereocenters. The summed E-state index contributed by atoms with van der Waals surface area (Å²) in [5, 5.41) is 11.1. The number of nitrogens with zero attached hydrogens (tertiary/aromatic N) is 5. The molecular weight excluding hydrogens is 296 g/mol. The SMILES string of the molecule is O[C@]1(CN2CCCC2)COCCN(c2ncnc3nc[nH]c23)C1. The second-order valence-electron chi connectivity index (χ2n) is 6.48. The van der Waals surface area contributed by atoms with E-state index in [1.165, 1.54) is 19.2 Å². The third-order valence-electron chi connectivity index (χ3n) is 4.58. The summed E-state index contributed by atoms with van der Waals surface area (Å²) in [7, 11) is 0. The van der Waals surface area contributed by atoms with E-state index in [2.05, 4.69) is 29.7 Å². The van der Waals surface area contributed by atoms with Crippen LogP contribution in [0.4, 0.5) is 5.82 Å². The fourth-order valence-corrected chi connectivity index (χ4v) is 3.54. The average Bonchev–Trinajstić information content (AvgIpc) is 3.17. The number of imidazole rings is 1. The van der Waals surface area contributed by atoms with Gasteiger partial charge in [-0.15, -0.1) is 0 Å². The second kappa shape index (κ2) is 6.03. The van der Waals surface area contributed by atoms with Gasteiger partial charge in [-0.25, -0.2) is 15.0 Å². The van der Waals surface area contributed by atoms with Crippen LogP contribution in [0.3, 0.4) is 0 Å². The Morgan fingerprint density at radius 2 is 2.09 bits per heavy atom. The Kier molecular flexibility index (Phi) is 3.88. The van der Waals surface area contributed by atoms with Gasteiger partial charge in [0, 0.05) is 13.1 Å². The number of hydrogen-bond donors (Lipinski definition) is 2. The Bertz CT molecular complexity index is 671. The Morgan fingerprint density at radius 1 is 1.22 bits per heavy atom. The molecule has 23 heavy (non-hydrogen) atoms. The van der Waals surface area contributed by atoms with E-state index in [9.17, 15) is 5.11 Å². The maximum absolute atomic E-state index is 11.1. The minimum absolute atomic E-state index is 0.358. The number of aromatic amines is 1. The predicted molar refractivity (Wildman–Crippen MR) is 85.3 cm³/mol. The van der Waals surface area contributed by atoms with Crippen molar-refractivity contribution in [2.45, 2.75) is 18.4 Å². The van der Waals surface area contributed by atoms with Gasteiger partial charge in [0.2, 0.25) is 0 Å². The van der Waals surface area contributed by atoms with Crippen molar-refractivity contribution in [1.29, 1.82) is 0 Å². The highest BCUT2D eigenvalue weighted by atomic mass is 16.5. The molecule has 0 spiro atoms. The van der Waals surface area contributed by atoms with Crippen LogP contribution in [-0.4, -0.2) is 81.5 Å². The van der Waals surface area contributed by atoms with Crippen molar-refractivity contribution < 1.29 is 9.84 Å². The molecule has 4 heterocycles. The fourth-order valence-electron chi connectivity index (χ4n) is 3.54.